The molecule has 1 aromatic heterocycles. The van der Waals surface area contributed by atoms with Gasteiger partial charge < -0.3 is 14.5 Å². The zero-order chi connectivity index (χ0) is 12.5. The van der Waals surface area contributed by atoms with Crippen molar-refractivity contribution in [2.75, 3.05) is 13.2 Å². The Morgan fingerprint density at radius 3 is 2.83 bits per heavy atom. The number of fused-ring (bicyclic) bond motifs is 1. The third kappa shape index (κ3) is 1.98. The molecule has 0 amide bonds. The lowest BCUT2D eigenvalue weighted by Crippen LogP contribution is -2.28. The van der Waals surface area contributed by atoms with E-state index in [1.165, 1.54) is 4.57 Å². The van der Waals surface area contributed by atoms with Crippen LogP contribution in [0.25, 0.3) is 10.9 Å². The fraction of sp³-hybridized carbons (Fsp3) is 0.333. The molecule has 0 aliphatic carbocycles. The van der Waals surface area contributed by atoms with Gasteiger partial charge in [-0.3, -0.25) is 9.36 Å². The van der Waals surface area contributed by atoms with Gasteiger partial charge in [0, 0.05) is 0 Å². The molecule has 1 N–H and O–H groups in total. The summed E-state index contributed by atoms with van der Waals surface area (Å²) in [5.41, 5.74) is 0.630. The van der Waals surface area contributed by atoms with Crippen molar-refractivity contribution in [1.29, 1.82) is 0 Å². The third-order valence-corrected chi connectivity index (χ3v) is 3.23. The van der Waals surface area contributed by atoms with Crippen LogP contribution in [0.15, 0.2) is 29.1 Å². The Morgan fingerprint density at radius 1 is 1.33 bits per heavy atom. The molecule has 2 heterocycles. The molecule has 0 radical (unpaired) electrons. The lowest BCUT2D eigenvalue weighted by molar-refractivity contribution is -0.0533. The van der Waals surface area contributed by atoms with Crippen LogP contribution in [0, 0.1) is 4.77 Å². The minimum absolute atomic E-state index is 0.117. The van der Waals surface area contributed by atoms with Crippen LogP contribution >= 0.6 is 12.2 Å². The fourth-order valence-corrected chi connectivity index (χ4v) is 2.29. The van der Waals surface area contributed by atoms with E-state index < -0.39 is 0 Å². The molecule has 94 valence electrons. The topological polar surface area (TPSA) is 56.2 Å². The Labute approximate surface area is 108 Å². The van der Waals surface area contributed by atoms with Gasteiger partial charge in [0.25, 0.3) is 5.56 Å². The van der Waals surface area contributed by atoms with Crippen molar-refractivity contribution in [3.8, 4) is 0 Å². The van der Waals surface area contributed by atoms with Gasteiger partial charge in [-0.05, 0) is 24.4 Å². The normalized spacial score (nSPS) is 16.4. The van der Waals surface area contributed by atoms with E-state index in [9.17, 15) is 4.79 Å². The van der Waals surface area contributed by atoms with Gasteiger partial charge in [-0.2, -0.15) is 0 Å². The van der Waals surface area contributed by atoms with Crippen LogP contribution in [0.4, 0.5) is 0 Å². The average molecular weight is 264 g/mol. The second-order valence-corrected chi connectivity index (χ2v) is 4.45. The molecule has 1 aromatic carbocycles. The number of ether oxygens (including phenoxy) is 2. The lowest BCUT2D eigenvalue weighted by Gasteiger charge is -2.12. The van der Waals surface area contributed by atoms with E-state index in [1.807, 2.05) is 18.2 Å². The molecule has 0 atom stereocenters. The minimum atomic E-state index is -0.390. The Hall–Kier alpha value is -1.50. The van der Waals surface area contributed by atoms with E-state index in [-0.39, 0.29) is 11.8 Å². The van der Waals surface area contributed by atoms with Crippen molar-refractivity contribution < 1.29 is 9.47 Å². The Bertz CT molecular complexity index is 686. The molecule has 0 spiro atoms. The zero-order valence-corrected chi connectivity index (χ0v) is 10.4. The van der Waals surface area contributed by atoms with Gasteiger partial charge in [0.05, 0.1) is 30.7 Å². The molecule has 1 aliphatic heterocycles. The SMILES string of the molecule is O=c1c2ccccc2[nH]c(=S)n1CC1OCCO1. The molecular formula is C12H12N2O3S. The first-order valence-corrected chi connectivity index (χ1v) is 6.11. The summed E-state index contributed by atoms with van der Waals surface area (Å²) in [6.45, 7) is 1.44. The summed E-state index contributed by atoms with van der Waals surface area (Å²) in [4.78, 5) is 15.3. The molecular weight excluding hydrogens is 252 g/mol. The highest BCUT2D eigenvalue weighted by atomic mass is 32.1. The lowest BCUT2D eigenvalue weighted by atomic mass is 10.2. The molecule has 18 heavy (non-hydrogen) atoms. The maximum Gasteiger partial charge on any atom is 0.262 e. The zero-order valence-electron chi connectivity index (χ0n) is 9.59. The number of benzene rings is 1. The van der Waals surface area contributed by atoms with E-state index in [0.29, 0.717) is 29.9 Å². The van der Waals surface area contributed by atoms with Crippen molar-refractivity contribution in [2.24, 2.45) is 0 Å². The number of rotatable bonds is 2. The smallest absolute Gasteiger partial charge is 0.262 e. The number of para-hydroxylation sites is 1. The maximum absolute atomic E-state index is 12.3. The van der Waals surface area contributed by atoms with E-state index >= 15 is 0 Å². The Balaban J connectivity index is 2.11. The van der Waals surface area contributed by atoms with Crippen molar-refractivity contribution >= 4 is 23.1 Å². The highest BCUT2D eigenvalue weighted by Gasteiger charge is 2.18. The molecule has 5 nitrogen and oxygen atoms in total. The van der Waals surface area contributed by atoms with Gasteiger partial charge in [0.1, 0.15) is 0 Å². The Morgan fingerprint density at radius 2 is 2.06 bits per heavy atom. The van der Waals surface area contributed by atoms with Crippen LogP contribution in [-0.2, 0) is 16.0 Å². The summed E-state index contributed by atoms with van der Waals surface area (Å²) in [5.74, 6) is 0. The number of H-pyrrole nitrogens is 1. The molecule has 0 unspecified atom stereocenters. The molecule has 0 saturated carbocycles. The summed E-state index contributed by atoms with van der Waals surface area (Å²) in [7, 11) is 0. The van der Waals surface area contributed by atoms with Crippen molar-refractivity contribution in [2.45, 2.75) is 12.8 Å². The first-order chi connectivity index (χ1) is 8.75. The quantitative estimate of drug-likeness (QED) is 0.834. The predicted molar refractivity (Wildman–Crippen MR) is 69.1 cm³/mol. The minimum Gasteiger partial charge on any atom is -0.348 e. The first-order valence-electron chi connectivity index (χ1n) is 5.71. The van der Waals surface area contributed by atoms with Crippen LogP contribution < -0.4 is 5.56 Å². The van der Waals surface area contributed by atoms with Crippen LogP contribution in [-0.4, -0.2) is 29.1 Å². The van der Waals surface area contributed by atoms with E-state index in [2.05, 4.69) is 4.98 Å². The van der Waals surface area contributed by atoms with Gasteiger partial charge in [0.2, 0.25) is 0 Å². The van der Waals surface area contributed by atoms with Crippen LogP contribution in [0.1, 0.15) is 0 Å². The molecule has 6 heteroatoms. The number of hydrogen-bond donors (Lipinski definition) is 1. The molecule has 3 rings (SSSR count). The van der Waals surface area contributed by atoms with E-state index in [1.54, 1.807) is 6.07 Å². The van der Waals surface area contributed by atoms with Gasteiger partial charge in [-0.25, -0.2) is 0 Å². The van der Waals surface area contributed by atoms with E-state index in [0.717, 1.165) is 5.52 Å². The van der Waals surface area contributed by atoms with Crippen molar-refractivity contribution in [3.05, 3.63) is 39.4 Å². The van der Waals surface area contributed by atoms with Gasteiger partial charge in [-0.1, -0.05) is 12.1 Å². The van der Waals surface area contributed by atoms with Gasteiger partial charge in [-0.15, -0.1) is 0 Å². The number of nitrogens with zero attached hydrogens (tertiary/aromatic N) is 1. The van der Waals surface area contributed by atoms with E-state index in [4.69, 9.17) is 21.7 Å². The number of hydrogen-bond acceptors (Lipinski definition) is 4. The number of aromatic nitrogens is 2. The monoisotopic (exact) mass is 264 g/mol. The highest BCUT2D eigenvalue weighted by Crippen LogP contribution is 2.09. The summed E-state index contributed by atoms with van der Waals surface area (Å²) in [5, 5.41) is 0.615. The first kappa shape index (κ1) is 11.6. The maximum atomic E-state index is 12.3. The fourth-order valence-electron chi connectivity index (χ4n) is 2.03. The van der Waals surface area contributed by atoms with Crippen molar-refractivity contribution in [1.82, 2.24) is 9.55 Å². The largest absolute Gasteiger partial charge is 0.348 e. The Kier molecular flexibility index (Phi) is 2.99. The summed E-state index contributed by atoms with van der Waals surface area (Å²) in [6.07, 6.45) is -0.390. The molecule has 1 aliphatic rings. The summed E-state index contributed by atoms with van der Waals surface area (Å²) < 4.78 is 12.5. The number of aromatic amines is 1. The van der Waals surface area contributed by atoms with Gasteiger partial charge in [0.15, 0.2) is 11.1 Å². The predicted octanol–water partition coefficient (Wildman–Crippen LogP) is 1.43. The molecule has 1 saturated heterocycles. The van der Waals surface area contributed by atoms with Crippen molar-refractivity contribution in [3.63, 3.8) is 0 Å². The number of nitrogens with one attached hydrogen (secondary N) is 1. The molecule has 1 fully saturated rings. The second kappa shape index (κ2) is 4.64. The molecule has 2 aromatic rings. The van der Waals surface area contributed by atoms with Crippen LogP contribution in [0.2, 0.25) is 0 Å². The average Bonchev–Trinajstić information content (AvgIpc) is 2.87. The van der Waals surface area contributed by atoms with Crippen LogP contribution in [0.5, 0.6) is 0 Å². The molecule has 0 bridgehead atoms. The summed E-state index contributed by atoms with van der Waals surface area (Å²) >= 11 is 5.20. The highest BCUT2D eigenvalue weighted by molar-refractivity contribution is 7.71. The second-order valence-electron chi connectivity index (χ2n) is 4.06. The standard InChI is InChI=1S/C12H12N2O3S/c15-11-8-3-1-2-4-9(8)13-12(18)14(11)7-10-16-5-6-17-10/h1-4,10H,5-7H2,(H,13,18). The third-order valence-electron chi connectivity index (χ3n) is 2.91. The van der Waals surface area contributed by atoms with Crippen LogP contribution in [0.3, 0.4) is 0 Å². The van der Waals surface area contributed by atoms with Gasteiger partial charge >= 0.3 is 0 Å². The summed E-state index contributed by atoms with van der Waals surface area (Å²) in [6, 6.07) is 7.29.